The summed E-state index contributed by atoms with van der Waals surface area (Å²) >= 11 is 11.2. The van der Waals surface area contributed by atoms with Gasteiger partial charge in [-0.2, -0.15) is 0 Å². The summed E-state index contributed by atoms with van der Waals surface area (Å²) in [5.74, 6) is 0.966. The van der Waals surface area contributed by atoms with E-state index in [0.29, 0.717) is 22.3 Å². The van der Waals surface area contributed by atoms with Gasteiger partial charge < -0.3 is 4.74 Å². The molecule has 0 atom stereocenters. The van der Waals surface area contributed by atoms with Crippen molar-refractivity contribution in [2.24, 2.45) is 0 Å². The van der Waals surface area contributed by atoms with Gasteiger partial charge in [-0.25, -0.2) is 0 Å². The van der Waals surface area contributed by atoms with Crippen LogP contribution >= 0.6 is 23.2 Å². The molecule has 0 saturated heterocycles. The van der Waals surface area contributed by atoms with E-state index >= 15 is 0 Å². The summed E-state index contributed by atoms with van der Waals surface area (Å²) < 4.78 is 4.99. The summed E-state index contributed by atoms with van der Waals surface area (Å²) in [4.78, 5) is 3.98. The average molecular weight is 192 g/mol. The number of pyridine rings is 1. The second kappa shape index (κ2) is 3.79. The number of ether oxygens (including phenoxy) is 1. The van der Waals surface area contributed by atoms with E-state index in [0.717, 1.165) is 0 Å². The lowest BCUT2D eigenvalue weighted by atomic mass is 10.3. The highest BCUT2D eigenvalue weighted by Crippen LogP contribution is 2.21. The Hall–Kier alpha value is -0.470. The number of halogens is 2. The zero-order valence-corrected chi connectivity index (χ0v) is 7.49. The molecule has 1 aromatic heterocycles. The van der Waals surface area contributed by atoms with Crippen LogP contribution in [0.4, 0.5) is 0 Å². The van der Waals surface area contributed by atoms with Crippen LogP contribution in [0.1, 0.15) is 5.69 Å². The lowest BCUT2D eigenvalue weighted by molar-refractivity contribution is 0.409. The summed E-state index contributed by atoms with van der Waals surface area (Å²) in [5, 5.41) is 0.552. The number of nitrogens with zero attached hydrogens (tertiary/aromatic N) is 1. The van der Waals surface area contributed by atoms with E-state index in [9.17, 15) is 0 Å². The van der Waals surface area contributed by atoms with Crippen molar-refractivity contribution in [3.05, 3.63) is 23.0 Å². The first-order valence-corrected chi connectivity index (χ1v) is 3.93. The molecule has 1 rings (SSSR count). The first-order chi connectivity index (χ1) is 5.27. The Morgan fingerprint density at radius 3 is 2.91 bits per heavy atom. The maximum absolute atomic E-state index is 5.67. The van der Waals surface area contributed by atoms with Gasteiger partial charge in [-0.15, -0.1) is 11.6 Å². The van der Waals surface area contributed by atoms with E-state index in [1.54, 1.807) is 19.4 Å². The molecule has 0 aromatic carbocycles. The predicted molar refractivity (Wildman–Crippen MR) is 45.4 cm³/mol. The van der Waals surface area contributed by atoms with Crippen molar-refractivity contribution >= 4 is 23.2 Å². The highest BCUT2D eigenvalue weighted by molar-refractivity contribution is 6.30. The summed E-state index contributed by atoms with van der Waals surface area (Å²) in [7, 11) is 1.56. The van der Waals surface area contributed by atoms with Crippen LogP contribution in [0, 0.1) is 0 Å². The van der Waals surface area contributed by atoms with Crippen LogP contribution in [-0.4, -0.2) is 12.1 Å². The van der Waals surface area contributed by atoms with Gasteiger partial charge in [-0.1, -0.05) is 11.6 Å². The monoisotopic (exact) mass is 191 g/mol. The third kappa shape index (κ3) is 1.98. The number of hydrogen-bond acceptors (Lipinski definition) is 2. The highest BCUT2D eigenvalue weighted by Gasteiger charge is 2.02. The second-order valence-electron chi connectivity index (χ2n) is 1.94. The fraction of sp³-hybridized carbons (Fsp3) is 0.286. The highest BCUT2D eigenvalue weighted by atomic mass is 35.5. The van der Waals surface area contributed by atoms with Crippen LogP contribution in [0.25, 0.3) is 0 Å². The zero-order chi connectivity index (χ0) is 8.27. The Morgan fingerprint density at radius 1 is 1.64 bits per heavy atom. The minimum atomic E-state index is 0.334. The van der Waals surface area contributed by atoms with Gasteiger partial charge in [0.05, 0.1) is 23.7 Å². The molecule has 11 heavy (non-hydrogen) atoms. The third-order valence-electron chi connectivity index (χ3n) is 1.24. The Bertz CT molecular complexity index is 252. The topological polar surface area (TPSA) is 22.1 Å². The quantitative estimate of drug-likeness (QED) is 0.671. The molecule has 0 fully saturated rings. The summed E-state index contributed by atoms with van der Waals surface area (Å²) in [6, 6.07) is 1.69. The van der Waals surface area contributed by atoms with Crippen molar-refractivity contribution in [2.75, 3.05) is 7.11 Å². The SMILES string of the molecule is COc1cc(Cl)cnc1CCl. The molecule has 0 saturated carbocycles. The molecule has 0 aliphatic carbocycles. The lowest BCUT2D eigenvalue weighted by Gasteiger charge is -2.03. The minimum Gasteiger partial charge on any atom is -0.495 e. The standard InChI is InChI=1S/C7H7Cl2NO/c1-11-7-2-5(9)4-10-6(7)3-8/h2,4H,3H2,1H3. The summed E-state index contributed by atoms with van der Waals surface area (Å²) in [6.45, 7) is 0. The van der Waals surface area contributed by atoms with E-state index < -0.39 is 0 Å². The van der Waals surface area contributed by atoms with Gasteiger partial charge in [0, 0.05) is 12.3 Å². The smallest absolute Gasteiger partial charge is 0.143 e. The van der Waals surface area contributed by atoms with Crippen molar-refractivity contribution in [1.29, 1.82) is 0 Å². The number of alkyl halides is 1. The molecule has 0 spiro atoms. The van der Waals surface area contributed by atoms with Crippen LogP contribution in [0.3, 0.4) is 0 Å². The van der Waals surface area contributed by atoms with Crippen molar-refractivity contribution in [2.45, 2.75) is 5.88 Å². The van der Waals surface area contributed by atoms with Crippen LogP contribution in [0.15, 0.2) is 12.3 Å². The molecule has 4 heteroatoms. The Kier molecular flexibility index (Phi) is 2.97. The Labute approximate surface area is 75.1 Å². The molecule has 1 heterocycles. The average Bonchev–Trinajstić information content (AvgIpc) is 2.04. The fourth-order valence-electron chi connectivity index (χ4n) is 0.726. The normalized spacial score (nSPS) is 9.73. The molecule has 0 aliphatic heterocycles. The molecule has 0 radical (unpaired) electrons. The molecule has 0 amide bonds. The van der Waals surface area contributed by atoms with E-state index in [2.05, 4.69) is 4.98 Å². The fourth-order valence-corrected chi connectivity index (χ4v) is 1.07. The third-order valence-corrected chi connectivity index (χ3v) is 1.70. The Balaban J connectivity index is 3.06. The van der Waals surface area contributed by atoms with E-state index in [4.69, 9.17) is 27.9 Å². The van der Waals surface area contributed by atoms with Crippen molar-refractivity contribution in [3.63, 3.8) is 0 Å². The van der Waals surface area contributed by atoms with Crippen molar-refractivity contribution in [1.82, 2.24) is 4.98 Å². The molecule has 0 aliphatic rings. The van der Waals surface area contributed by atoms with E-state index in [-0.39, 0.29) is 0 Å². The number of hydrogen-bond donors (Lipinski definition) is 0. The van der Waals surface area contributed by atoms with Gasteiger partial charge in [0.2, 0.25) is 0 Å². The zero-order valence-electron chi connectivity index (χ0n) is 5.97. The first-order valence-electron chi connectivity index (χ1n) is 3.02. The molecule has 0 N–H and O–H groups in total. The van der Waals surface area contributed by atoms with E-state index in [1.165, 1.54) is 0 Å². The maximum Gasteiger partial charge on any atom is 0.143 e. The largest absolute Gasteiger partial charge is 0.495 e. The number of aromatic nitrogens is 1. The molecular weight excluding hydrogens is 185 g/mol. The van der Waals surface area contributed by atoms with Crippen molar-refractivity contribution in [3.8, 4) is 5.75 Å². The second-order valence-corrected chi connectivity index (χ2v) is 2.64. The molecule has 2 nitrogen and oxygen atoms in total. The number of methoxy groups -OCH3 is 1. The van der Waals surface area contributed by atoms with Gasteiger partial charge in [0.25, 0.3) is 0 Å². The summed E-state index contributed by atoms with van der Waals surface area (Å²) in [5.41, 5.74) is 0.707. The molecular formula is C7H7Cl2NO. The van der Waals surface area contributed by atoms with Crippen LogP contribution in [0.2, 0.25) is 5.02 Å². The van der Waals surface area contributed by atoms with Gasteiger partial charge in [-0.3, -0.25) is 4.98 Å². The van der Waals surface area contributed by atoms with Gasteiger partial charge in [0.15, 0.2) is 0 Å². The van der Waals surface area contributed by atoms with Crippen molar-refractivity contribution < 1.29 is 4.74 Å². The number of rotatable bonds is 2. The van der Waals surface area contributed by atoms with E-state index in [1.807, 2.05) is 0 Å². The van der Waals surface area contributed by atoms with Gasteiger partial charge >= 0.3 is 0 Å². The van der Waals surface area contributed by atoms with Crippen LogP contribution in [0.5, 0.6) is 5.75 Å². The van der Waals surface area contributed by atoms with Crippen LogP contribution < -0.4 is 4.74 Å². The maximum atomic E-state index is 5.67. The molecule has 0 bridgehead atoms. The summed E-state index contributed by atoms with van der Waals surface area (Å²) in [6.07, 6.45) is 1.54. The predicted octanol–water partition coefficient (Wildman–Crippen LogP) is 2.48. The molecule has 60 valence electrons. The van der Waals surface area contributed by atoms with Crippen LogP contribution in [-0.2, 0) is 5.88 Å². The van der Waals surface area contributed by atoms with Gasteiger partial charge in [0.1, 0.15) is 5.75 Å². The minimum absolute atomic E-state index is 0.334. The Morgan fingerprint density at radius 2 is 2.36 bits per heavy atom. The van der Waals surface area contributed by atoms with Gasteiger partial charge in [-0.05, 0) is 0 Å². The first kappa shape index (κ1) is 8.62. The lowest BCUT2D eigenvalue weighted by Crippen LogP contribution is -1.92. The molecule has 0 unspecified atom stereocenters. The molecule has 1 aromatic rings.